The molecular formula is C11H16F4N2OS. The molecule has 1 rings (SSSR count). The van der Waals surface area contributed by atoms with E-state index < -0.39 is 19.0 Å². The van der Waals surface area contributed by atoms with Crippen LogP contribution in [0.3, 0.4) is 0 Å². The van der Waals surface area contributed by atoms with E-state index in [4.69, 9.17) is 0 Å². The van der Waals surface area contributed by atoms with Crippen molar-refractivity contribution in [2.45, 2.75) is 38.8 Å². The summed E-state index contributed by atoms with van der Waals surface area (Å²) in [4.78, 5) is 5.24. The van der Waals surface area contributed by atoms with E-state index in [1.807, 2.05) is 6.92 Å². The SMILES string of the molecule is CCc1nc(COCC(F)(F)C(F)F)sc1CNC. The van der Waals surface area contributed by atoms with Gasteiger partial charge in [-0.2, -0.15) is 8.78 Å². The Morgan fingerprint density at radius 2 is 2.11 bits per heavy atom. The average molecular weight is 300 g/mol. The topological polar surface area (TPSA) is 34.1 Å². The van der Waals surface area contributed by atoms with Crippen LogP contribution in [-0.2, 0) is 24.3 Å². The van der Waals surface area contributed by atoms with Crippen molar-refractivity contribution in [3.05, 3.63) is 15.6 Å². The van der Waals surface area contributed by atoms with Gasteiger partial charge in [-0.15, -0.1) is 11.3 Å². The Hall–Kier alpha value is -0.730. The molecule has 1 heterocycles. The van der Waals surface area contributed by atoms with Gasteiger partial charge >= 0.3 is 12.3 Å². The highest BCUT2D eigenvalue weighted by Gasteiger charge is 2.41. The van der Waals surface area contributed by atoms with Gasteiger partial charge in [0.05, 0.1) is 12.3 Å². The van der Waals surface area contributed by atoms with E-state index in [9.17, 15) is 17.6 Å². The Morgan fingerprint density at radius 1 is 1.42 bits per heavy atom. The van der Waals surface area contributed by atoms with Crippen LogP contribution in [0.25, 0.3) is 0 Å². The molecule has 0 radical (unpaired) electrons. The molecule has 8 heteroatoms. The Kier molecular flexibility index (Phi) is 6.15. The van der Waals surface area contributed by atoms with E-state index >= 15 is 0 Å². The molecule has 0 amide bonds. The summed E-state index contributed by atoms with van der Waals surface area (Å²) in [6.07, 6.45) is -2.99. The first-order valence-electron chi connectivity index (χ1n) is 5.76. The molecule has 0 fully saturated rings. The van der Waals surface area contributed by atoms with Gasteiger partial charge in [0.1, 0.15) is 11.6 Å². The largest absolute Gasteiger partial charge is 0.368 e. The number of nitrogens with one attached hydrogen (secondary N) is 1. The first kappa shape index (κ1) is 16.3. The number of aryl methyl sites for hydroxylation is 1. The predicted octanol–water partition coefficient (Wildman–Crippen LogP) is 2.84. The van der Waals surface area contributed by atoms with Crippen molar-refractivity contribution in [2.24, 2.45) is 0 Å². The minimum atomic E-state index is -4.11. The molecule has 0 saturated carbocycles. The predicted molar refractivity (Wildman–Crippen MR) is 64.9 cm³/mol. The molecular weight excluding hydrogens is 284 g/mol. The minimum absolute atomic E-state index is 0.177. The summed E-state index contributed by atoms with van der Waals surface area (Å²) in [5, 5.41) is 3.50. The standard InChI is InChI=1S/C11H16F4N2OS/c1-3-7-8(4-16-2)19-9(17-7)5-18-6-11(14,15)10(12)13/h10,16H,3-6H2,1-2H3. The van der Waals surface area contributed by atoms with Gasteiger partial charge in [0, 0.05) is 11.4 Å². The molecule has 0 bridgehead atoms. The molecule has 0 spiro atoms. The van der Waals surface area contributed by atoms with E-state index in [1.165, 1.54) is 11.3 Å². The van der Waals surface area contributed by atoms with E-state index in [0.717, 1.165) is 17.0 Å². The third-order valence-corrected chi connectivity index (χ3v) is 3.41. The van der Waals surface area contributed by atoms with Gasteiger partial charge in [0.15, 0.2) is 0 Å². The van der Waals surface area contributed by atoms with Crippen LogP contribution in [0.4, 0.5) is 17.6 Å². The van der Waals surface area contributed by atoms with Crippen LogP contribution in [0.2, 0.25) is 0 Å². The average Bonchev–Trinajstić information content (AvgIpc) is 2.71. The highest BCUT2D eigenvalue weighted by atomic mass is 32.1. The van der Waals surface area contributed by atoms with Crippen molar-refractivity contribution in [3.63, 3.8) is 0 Å². The molecule has 0 unspecified atom stereocenters. The maximum absolute atomic E-state index is 12.6. The fraction of sp³-hybridized carbons (Fsp3) is 0.727. The number of rotatable bonds is 8. The molecule has 1 N–H and O–H groups in total. The van der Waals surface area contributed by atoms with Crippen LogP contribution in [0.1, 0.15) is 22.5 Å². The van der Waals surface area contributed by atoms with Gasteiger partial charge < -0.3 is 10.1 Å². The summed E-state index contributed by atoms with van der Waals surface area (Å²) in [5.41, 5.74) is 0.874. The number of nitrogens with zero attached hydrogens (tertiary/aromatic N) is 1. The maximum atomic E-state index is 12.6. The van der Waals surface area contributed by atoms with Crippen molar-refractivity contribution in [3.8, 4) is 0 Å². The molecule has 1 aromatic heterocycles. The lowest BCUT2D eigenvalue weighted by molar-refractivity contribution is -0.168. The monoisotopic (exact) mass is 300 g/mol. The van der Waals surface area contributed by atoms with Crippen molar-refractivity contribution >= 4 is 11.3 Å². The third kappa shape index (κ3) is 4.70. The molecule has 0 aliphatic heterocycles. The van der Waals surface area contributed by atoms with E-state index in [-0.39, 0.29) is 6.61 Å². The van der Waals surface area contributed by atoms with E-state index in [1.54, 1.807) is 7.05 Å². The second-order valence-electron chi connectivity index (χ2n) is 3.92. The Bertz CT molecular complexity index is 398. The fourth-order valence-electron chi connectivity index (χ4n) is 1.41. The second-order valence-corrected chi connectivity index (χ2v) is 5.08. The number of halogens is 4. The van der Waals surface area contributed by atoms with Gasteiger partial charge in [-0.3, -0.25) is 0 Å². The lowest BCUT2D eigenvalue weighted by Crippen LogP contribution is -2.32. The summed E-state index contributed by atoms with van der Waals surface area (Å²) < 4.78 is 53.7. The van der Waals surface area contributed by atoms with Crippen molar-refractivity contribution in [1.29, 1.82) is 0 Å². The summed E-state index contributed by atoms with van der Waals surface area (Å²) in [6, 6.07) is 0. The quantitative estimate of drug-likeness (QED) is 0.750. The molecule has 19 heavy (non-hydrogen) atoms. The fourth-order valence-corrected chi connectivity index (χ4v) is 2.52. The van der Waals surface area contributed by atoms with Crippen LogP contribution in [0.5, 0.6) is 0 Å². The number of alkyl halides is 4. The highest BCUT2D eigenvalue weighted by molar-refractivity contribution is 7.11. The van der Waals surface area contributed by atoms with Gasteiger partial charge in [-0.05, 0) is 13.5 Å². The zero-order valence-electron chi connectivity index (χ0n) is 10.7. The molecule has 0 aliphatic rings. The summed E-state index contributed by atoms with van der Waals surface area (Å²) >= 11 is 1.34. The normalized spacial score (nSPS) is 12.4. The minimum Gasteiger partial charge on any atom is -0.368 e. The van der Waals surface area contributed by atoms with Gasteiger partial charge in [0.2, 0.25) is 0 Å². The number of hydrogen-bond donors (Lipinski definition) is 1. The highest BCUT2D eigenvalue weighted by Crippen LogP contribution is 2.24. The maximum Gasteiger partial charge on any atom is 0.330 e. The zero-order chi connectivity index (χ0) is 14.5. The molecule has 0 aromatic carbocycles. The zero-order valence-corrected chi connectivity index (χ0v) is 11.5. The van der Waals surface area contributed by atoms with E-state index in [0.29, 0.717) is 11.6 Å². The van der Waals surface area contributed by atoms with E-state index in [2.05, 4.69) is 15.0 Å². The molecule has 110 valence electrons. The number of aromatic nitrogens is 1. The number of hydrogen-bond acceptors (Lipinski definition) is 4. The molecule has 3 nitrogen and oxygen atoms in total. The number of ether oxygens (including phenoxy) is 1. The first-order chi connectivity index (χ1) is 8.90. The molecule has 1 aromatic rings. The van der Waals surface area contributed by atoms with Gasteiger partial charge in [-0.1, -0.05) is 6.92 Å². The Balaban J connectivity index is 2.54. The van der Waals surface area contributed by atoms with Crippen LogP contribution >= 0.6 is 11.3 Å². The number of thiazole rings is 1. The van der Waals surface area contributed by atoms with Crippen LogP contribution in [-0.4, -0.2) is 31.0 Å². The summed E-state index contributed by atoms with van der Waals surface area (Å²) in [7, 11) is 1.79. The molecule has 0 saturated heterocycles. The lowest BCUT2D eigenvalue weighted by Gasteiger charge is -2.14. The molecule has 0 atom stereocenters. The van der Waals surface area contributed by atoms with Crippen LogP contribution < -0.4 is 5.32 Å². The van der Waals surface area contributed by atoms with Crippen molar-refractivity contribution in [2.75, 3.05) is 13.7 Å². The Labute approximate surface area is 113 Å². The first-order valence-corrected chi connectivity index (χ1v) is 6.58. The van der Waals surface area contributed by atoms with Crippen molar-refractivity contribution in [1.82, 2.24) is 10.3 Å². The van der Waals surface area contributed by atoms with Gasteiger partial charge in [0.25, 0.3) is 0 Å². The third-order valence-electron chi connectivity index (χ3n) is 2.33. The van der Waals surface area contributed by atoms with Gasteiger partial charge in [-0.25, -0.2) is 13.8 Å². The van der Waals surface area contributed by atoms with Crippen LogP contribution in [0, 0.1) is 0 Å². The van der Waals surface area contributed by atoms with Crippen molar-refractivity contribution < 1.29 is 22.3 Å². The molecule has 0 aliphatic carbocycles. The summed E-state index contributed by atoms with van der Waals surface area (Å²) in [5.74, 6) is -4.11. The second kappa shape index (κ2) is 7.16. The summed E-state index contributed by atoms with van der Waals surface area (Å²) in [6.45, 7) is 1.09. The smallest absolute Gasteiger partial charge is 0.330 e. The lowest BCUT2D eigenvalue weighted by atomic mass is 10.3. The Morgan fingerprint density at radius 3 is 2.63 bits per heavy atom. The van der Waals surface area contributed by atoms with Crippen LogP contribution in [0.15, 0.2) is 0 Å².